The van der Waals surface area contributed by atoms with Crippen LogP contribution in [0.3, 0.4) is 0 Å². The molecule has 2 aromatic rings. The van der Waals surface area contributed by atoms with Crippen molar-refractivity contribution in [1.82, 2.24) is 57.7 Å². The number of aromatic nitrogens is 1. The molecule has 1 aromatic heterocycles. The molecule has 486 valence electrons. The molecule has 32 heteroatoms. The highest BCUT2D eigenvalue weighted by atomic mass is 16.4. The highest BCUT2D eigenvalue weighted by molar-refractivity contribution is 6.01. The molecule has 1 aromatic carbocycles. The molecule has 0 unspecified atom stereocenters. The van der Waals surface area contributed by atoms with Crippen molar-refractivity contribution in [3.05, 3.63) is 36.0 Å². The van der Waals surface area contributed by atoms with Gasteiger partial charge in [-0.2, -0.15) is 0 Å². The zero-order valence-corrected chi connectivity index (χ0v) is 50.3. The van der Waals surface area contributed by atoms with Gasteiger partial charge in [0.25, 0.3) is 0 Å². The molecule has 0 bridgehead atoms. The maximum absolute atomic E-state index is 14.6. The van der Waals surface area contributed by atoms with Crippen LogP contribution in [0.15, 0.2) is 30.5 Å². The van der Waals surface area contributed by atoms with Gasteiger partial charge in [0.05, 0.1) is 25.4 Å². The molecular formula is C56H83N13O19. The average molecular weight is 1240 g/mol. The number of nitrogens with zero attached hydrogens (tertiary/aromatic N) is 1. The third kappa shape index (κ3) is 21.9. The molecule has 3 rings (SSSR count). The summed E-state index contributed by atoms with van der Waals surface area (Å²) in [6, 6.07) is -9.31. The number of aromatic amines is 1. The number of carboxylic acids is 3. The van der Waals surface area contributed by atoms with E-state index < -0.39 is 199 Å². The van der Waals surface area contributed by atoms with Crippen molar-refractivity contribution in [3.8, 4) is 0 Å². The predicted octanol–water partition coefficient (Wildman–Crippen LogP) is -3.61. The molecule has 32 nitrogen and oxygen atoms in total. The fourth-order valence-electron chi connectivity index (χ4n) is 9.58. The van der Waals surface area contributed by atoms with Crippen molar-refractivity contribution < 1.29 is 92.3 Å². The van der Waals surface area contributed by atoms with Gasteiger partial charge in [-0.05, 0) is 55.6 Å². The highest BCUT2D eigenvalue weighted by Crippen LogP contribution is 2.22. The lowest BCUT2D eigenvalue weighted by molar-refractivity contribution is -0.145. The second-order valence-corrected chi connectivity index (χ2v) is 22.2. The smallest absolute Gasteiger partial charge is 0.305 e. The molecule has 0 radical (unpaired) electrons. The lowest BCUT2D eigenvalue weighted by Gasteiger charge is -2.32. The molecule has 0 saturated carbocycles. The molecule has 0 spiro atoms. The van der Waals surface area contributed by atoms with E-state index in [1.54, 1.807) is 58.2 Å². The Bertz CT molecular complexity index is 2900. The number of carboxylic acid groups (broad SMARTS) is 3. The summed E-state index contributed by atoms with van der Waals surface area (Å²) in [5.41, 5.74) is 11.9. The van der Waals surface area contributed by atoms with Crippen molar-refractivity contribution in [2.45, 2.75) is 186 Å². The molecule has 1 fully saturated rings. The standard InChI is InChI=1S/C56H83N13O19/c1-9-26(5)44(67-55(87)45(27(6)10-2)66-50(82)36(22-41(75)76)60-29(8)71)54(86)63-34(20-30-24-59-32-15-12-11-14-31(30)32)48(80)62-37(23-42(77)78)51(83)65-43(25(3)4)53(85)64-35(21-39(57)72)49(81)68-46(28(7)70)56(88)69-19-13-16-38(69)52(84)61-33(47(58)79)17-18-40(73)74/h11-12,14-15,24-28,33-38,43-46,59,70H,9-10,13,16-23H2,1-8H3,(H2,57,72)(H2,58,79)(H,60,71)(H,61,84)(H,62,80)(H,63,86)(H,64,85)(H,65,83)(H,66,82)(H,67,87)(H,68,81)(H,73,74)(H,75,76)(H,77,78)/t26-,27-,28+,33-,34-,35-,36-,37-,38-,43-,44-,45-,46-/m0/s1. The number of nitrogens with one attached hydrogen (secondary N) is 10. The number of benzene rings is 1. The monoisotopic (exact) mass is 1240 g/mol. The van der Waals surface area contributed by atoms with Crippen LogP contribution in [0.4, 0.5) is 0 Å². The third-order valence-electron chi connectivity index (χ3n) is 14.9. The average Bonchev–Trinajstić information content (AvgIpc) is 1.85. The number of primary amides is 2. The van der Waals surface area contributed by atoms with E-state index in [0.717, 1.165) is 18.7 Å². The van der Waals surface area contributed by atoms with E-state index in [9.17, 15) is 87.2 Å². The molecule has 18 N–H and O–H groups in total. The lowest BCUT2D eigenvalue weighted by Crippen LogP contribution is -2.63. The number of aliphatic hydroxyl groups excluding tert-OH is 1. The van der Waals surface area contributed by atoms with Gasteiger partial charge in [0, 0.05) is 43.4 Å². The van der Waals surface area contributed by atoms with Crippen molar-refractivity contribution in [2.75, 3.05) is 6.54 Å². The largest absolute Gasteiger partial charge is 0.481 e. The van der Waals surface area contributed by atoms with Crippen LogP contribution in [0.1, 0.15) is 119 Å². The first kappa shape index (κ1) is 73.0. The van der Waals surface area contributed by atoms with Gasteiger partial charge in [0.15, 0.2) is 0 Å². The molecule has 13 atom stereocenters. The minimum Gasteiger partial charge on any atom is -0.481 e. The fraction of sp³-hybridized carbons (Fsp3) is 0.589. The van der Waals surface area contributed by atoms with E-state index >= 15 is 0 Å². The summed E-state index contributed by atoms with van der Waals surface area (Å²) in [6.45, 7) is 11.6. The number of nitrogens with two attached hydrogens (primary N) is 2. The quantitative estimate of drug-likeness (QED) is 0.0313. The number of hydrogen-bond donors (Lipinski definition) is 16. The Kier molecular flexibility index (Phi) is 28.4. The minimum absolute atomic E-state index is 0.0417. The molecule has 1 aliphatic rings. The fourth-order valence-corrected chi connectivity index (χ4v) is 9.58. The Morgan fingerprint density at radius 3 is 1.55 bits per heavy atom. The van der Waals surface area contributed by atoms with Gasteiger partial charge in [-0.1, -0.05) is 72.6 Å². The van der Waals surface area contributed by atoms with E-state index in [2.05, 4.69) is 52.8 Å². The van der Waals surface area contributed by atoms with E-state index in [1.165, 1.54) is 13.8 Å². The lowest BCUT2D eigenvalue weighted by atomic mass is 9.94. The Labute approximate surface area is 506 Å². The van der Waals surface area contributed by atoms with Crippen LogP contribution in [0.2, 0.25) is 0 Å². The molecule has 1 aliphatic heterocycles. The summed E-state index contributed by atoms with van der Waals surface area (Å²) in [5.74, 6) is -19.0. The van der Waals surface area contributed by atoms with Gasteiger partial charge >= 0.3 is 17.9 Å². The molecule has 12 amide bonds. The van der Waals surface area contributed by atoms with Crippen LogP contribution in [0.25, 0.3) is 10.9 Å². The van der Waals surface area contributed by atoms with Gasteiger partial charge < -0.3 is 89.6 Å². The Balaban J connectivity index is 1.95. The van der Waals surface area contributed by atoms with Crippen molar-refractivity contribution in [3.63, 3.8) is 0 Å². The van der Waals surface area contributed by atoms with Crippen LogP contribution < -0.4 is 59.3 Å². The number of hydrogen-bond acceptors (Lipinski definition) is 16. The van der Waals surface area contributed by atoms with Crippen molar-refractivity contribution in [1.29, 1.82) is 0 Å². The number of carbonyl (C=O) groups is 15. The van der Waals surface area contributed by atoms with E-state index in [1.807, 2.05) is 0 Å². The zero-order chi connectivity index (χ0) is 66.4. The second-order valence-electron chi connectivity index (χ2n) is 22.2. The van der Waals surface area contributed by atoms with Crippen LogP contribution in [-0.4, -0.2) is 192 Å². The van der Waals surface area contributed by atoms with Gasteiger partial charge in [-0.3, -0.25) is 71.9 Å². The summed E-state index contributed by atoms with van der Waals surface area (Å²) < 4.78 is 0. The normalized spacial score (nSPS) is 17.0. The van der Waals surface area contributed by atoms with Crippen LogP contribution in [-0.2, 0) is 78.3 Å². The first-order chi connectivity index (χ1) is 41.2. The maximum atomic E-state index is 14.6. The molecule has 88 heavy (non-hydrogen) atoms. The maximum Gasteiger partial charge on any atom is 0.305 e. The van der Waals surface area contributed by atoms with Gasteiger partial charge in [-0.15, -0.1) is 0 Å². The molecule has 2 heterocycles. The van der Waals surface area contributed by atoms with Crippen LogP contribution >= 0.6 is 0 Å². The first-order valence-corrected chi connectivity index (χ1v) is 28.7. The number of aliphatic carboxylic acids is 3. The number of amides is 12. The number of carbonyl (C=O) groups excluding carboxylic acids is 12. The predicted molar refractivity (Wildman–Crippen MR) is 310 cm³/mol. The van der Waals surface area contributed by atoms with Crippen LogP contribution in [0, 0.1) is 17.8 Å². The number of fused-ring (bicyclic) bond motifs is 1. The minimum atomic E-state index is -2.00. The zero-order valence-electron chi connectivity index (χ0n) is 50.3. The summed E-state index contributed by atoms with van der Waals surface area (Å²) >= 11 is 0. The Morgan fingerprint density at radius 1 is 0.580 bits per heavy atom. The first-order valence-electron chi connectivity index (χ1n) is 28.7. The number of likely N-dealkylation sites (tertiary alicyclic amines) is 1. The van der Waals surface area contributed by atoms with E-state index in [0.29, 0.717) is 22.9 Å². The Hall–Kier alpha value is -9.23. The van der Waals surface area contributed by atoms with Gasteiger partial charge in [0.2, 0.25) is 70.9 Å². The SMILES string of the molecule is CC[C@H](C)[C@H](NC(=O)[C@H](CC(=O)O)NC(C)=O)C(=O)N[C@H](C(=O)N[C@@H](Cc1c[nH]c2ccccc12)C(=O)N[C@@H](CC(=O)O)C(=O)N[C@H](C(=O)N[C@@H](CC(N)=O)C(=O)N[C@H](C(=O)N1CCC[C@H]1C(=O)N[C@@H](CCC(=O)O)C(N)=O)[C@@H](C)O)C(C)C)[C@@H](C)CC. The molecular weight excluding hydrogens is 1160 g/mol. The third-order valence-corrected chi connectivity index (χ3v) is 14.9. The molecule has 0 aliphatic carbocycles. The topological polar surface area (TPSA) is 516 Å². The summed E-state index contributed by atoms with van der Waals surface area (Å²) in [6.07, 6.45) is -3.39. The second kappa shape index (κ2) is 34.2. The van der Waals surface area contributed by atoms with Crippen molar-refractivity contribution >= 4 is 99.7 Å². The van der Waals surface area contributed by atoms with Crippen molar-refractivity contribution in [2.24, 2.45) is 29.2 Å². The number of para-hydroxylation sites is 1. The molecule has 1 saturated heterocycles. The Morgan fingerprint density at radius 2 is 1.05 bits per heavy atom. The summed E-state index contributed by atoms with van der Waals surface area (Å²) in [4.78, 5) is 202. The number of rotatable bonds is 36. The summed E-state index contributed by atoms with van der Waals surface area (Å²) in [5, 5.41) is 61.5. The number of aliphatic hydroxyl groups is 1. The summed E-state index contributed by atoms with van der Waals surface area (Å²) in [7, 11) is 0. The van der Waals surface area contributed by atoms with E-state index in [4.69, 9.17) is 16.6 Å². The highest BCUT2D eigenvalue weighted by Gasteiger charge is 2.43. The number of H-pyrrole nitrogens is 1. The van der Waals surface area contributed by atoms with E-state index in [-0.39, 0.29) is 38.6 Å². The van der Waals surface area contributed by atoms with Crippen LogP contribution in [0.5, 0.6) is 0 Å². The van der Waals surface area contributed by atoms with Gasteiger partial charge in [0.1, 0.15) is 60.4 Å². The van der Waals surface area contributed by atoms with Gasteiger partial charge in [-0.25, -0.2) is 0 Å².